The highest BCUT2D eigenvalue weighted by Gasteiger charge is 2.26. The number of thiophene rings is 1. The molecule has 0 radical (unpaired) electrons. The number of carbonyl (C=O) groups excluding carboxylic acids is 1. The van der Waals surface area contributed by atoms with E-state index in [2.05, 4.69) is 26.0 Å². The SMILES string of the molecule is C[C@H]1C[C@H](C)CN(C(=O)CSc2nc3c(sc4ccccc43)c(=O)n2CCc2ccccc2)C1. The molecule has 5 rings (SSSR count). The van der Waals surface area contributed by atoms with E-state index in [1.807, 2.05) is 47.4 Å². The van der Waals surface area contributed by atoms with Gasteiger partial charge in [-0.1, -0.05) is 74.1 Å². The molecular weight excluding hydrogens is 462 g/mol. The standard InChI is InChI=1S/C27H29N3O2S2/c1-18-14-19(2)16-29(15-18)23(31)17-33-27-28-24-21-10-6-7-11-22(21)34-25(24)26(32)30(27)13-12-20-8-4-3-5-9-20/h3-11,18-19H,12-17H2,1-2H3/t18-,19-/m0/s1. The third-order valence-corrected chi connectivity index (χ3v) is 8.57. The molecule has 176 valence electrons. The summed E-state index contributed by atoms with van der Waals surface area (Å²) < 4.78 is 3.51. The van der Waals surface area contributed by atoms with Crippen LogP contribution in [0.15, 0.2) is 64.5 Å². The Morgan fingerprint density at radius 1 is 1.06 bits per heavy atom. The minimum absolute atomic E-state index is 0.0164. The molecule has 1 amide bonds. The molecule has 0 bridgehead atoms. The number of thioether (sulfide) groups is 1. The second kappa shape index (κ2) is 9.92. The second-order valence-electron chi connectivity index (χ2n) is 9.40. The zero-order chi connectivity index (χ0) is 23.7. The number of likely N-dealkylation sites (tertiary alicyclic amines) is 1. The van der Waals surface area contributed by atoms with Crippen LogP contribution in [0.4, 0.5) is 0 Å². The third kappa shape index (κ3) is 4.77. The highest BCUT2D eigenvalue weighted by molar-refractivity contribution is 7.99. The normalized spacial score (nSPS) is 18.6. The number of amides is 1. The maximum atomic E-state index is 13.6. The number of hydrogen-bond acceptors (Lipinski definition) is 5. The van der Waals surface area contributed by atoms with Crippen molar-refractivity contribution in [3.8, 4) is 0 Å². The number of benzene rings is 2. The van der Waals surface area contributed by atoms with E-state index in [-0.39, 0.29) is 11.5 Å². The van der Waals surface area contributed by atoms with E-state index in [9.17, 15) is 9.59 Å². The zero-order valence-corrected chi connectivity index (χ0v) is 21.2. The number of piperidine rings is 1. The minimum Gasteiger partial charge on any atom is -0.341 e. The van der Waals surface area contributed by atoms with Crippen LogP contribution in [-0.2, 0) is 17.8 Å². The van der Waals surface area contributed by atoms with Crippen LogP contribution in [0.25, 0.3) is 20.3 Å². The summed E-state index contributed by atoms with van der Waals surface area (Å²) in [6.07, 6.45) is 1.90. The fraction of sp³-hybridized carbons (Fsp3) is 0.370. The first-order valence-corrected chi connectivity index (χ1v) is 13.7. The van der Waals surface area contributed by atoms with Crippen LogP contribution in [0.2, 0.25) is 0 Å². The van der Waals surface area contributed by atoms with Crippen LogP contribution in [-0.4, -0.2) is 39.2 Å². The third-order valence-electron chi connectivity index (χ3n) is 6.46. The van der Waals surface area contributed by atoms with Crippen molar-refractivity contribution in [3.05, 3.63) is 70.5 Å². The van der Waals surface area contributed by atoms with E-state index < -0.39 is 0 Å². The van der Waals surface area contributed by atoms with Crippen LogP contribution >= 0.6 is 23.1 Å². The van der Waals surface area contributed by atoms with Crippen molar-refractivity contribution in [2.45, 2.75) is 38.4 Å². The Morgan fingerprint density at radius 2 is 1.76 bits per heavy atom. The number of rotatable bonds is 6. The maximum absolute atomic E-state index is 13.6. The lowest BCUT2D eigenvalue weighted by Gasteiger charge is -2.35. The van der Waals surface area contributed by atoms with Gasteiger partial charge in [0.15, 0.2) is 5.16 Å². The van der Waals surface area contributed by atoms with E-state index in [0.717, 1.165) is 35.1 Å². The topological polar surface area (TPSA) is 55.2 Å². The highest BCUT2D eigenvalue weighted by atomic mass is 32.2. The largest absolute Gasteiger partial charge is 0.341 e. The summed E-state index contributed by atoms with van der Waals surface area (Å²) in [5.74, 6) is 1.47. The monoisotopic (exact) mass is 491 g/mol. The summed E-state index contributed by atoms with van der Waals surface area (Å²) >= 11 is 2.89. The first-order valence-electron chi connectivity index (χ1n) is 11.9. The molecule has 34 heavy (non-hydrogen) atoms. The molecule has 5 nitrogen and oxygen atoms in total. The lowest BCUT2D eigenvalue weighted by atomic mass is 9.92. The summed E-state index contributed by atoms with van der Waals surface area (Å²) in [5.41, 5.74) is 1.91. The van der Waals surface area contributed by atoms with Crippen LogP contribution in [0.3, 0.4) is 0 Å². The Morgan fingerprint density at radius 3 is 2.53 bits per heavy atom. The maximum Gasteiger partial charge on any atom is 0.272 e. The zero-order valence-electron chi connectivity index (χ0n) is 19.6. The highest BCUT2D eigenvalue weighted by Crippen LogP contribution is 2.32. The first kappa shape index (κ1) is 23.1. The second-order valence-corrected chi connectivity index (χ2v) is 11.4. The van der Waals surface area contributed by atoms with Gasteiger partial charge >= 0.3 is 0 Å². The predicted octanol–water partition coefficient (Wildman–Crippen LogP) is 5.45. The van der Waals surface area contributed by atoms with E-state index in [4.69, 9.17) is 4.98 Å². The van der Waals surface area contributed by atoms with Crippen molar-refractivity contribution in [3.63, 3.8) is 0 Å². The summed E-state index contributed by atoms with van der Waals surface area (Å²) in [5, 5.41) is 1.63. The molecule has 2 aromatic carbocycles. The molecule has 4 aromatic rings. The van der Waals surface area contributed by atoms with E-state index >= 15 is 0 Å². The Hall–Kier alpha value is -2.64. The molecule has 1 fully saturated rings. The Balaban J connectivity index is 1.47. The van der Waals surface area contributed by atoms with Gasteiger partial charge in [-0.3, -0.25) is 14.2 Å². The van der Waals surface area contributed by atoms with Gasteiger partial charge in [0.1, 0.15) is 4.70 Å². The first-order chi connectivity index (χ1) is 16.5. The number of aromatic nitrogens is 2. The molecule has 2 aromatic heterocycles. The van der Waals surface area contributed by atoms with Gasteiger partial charge in [-0.05, 0) is 36.3 Å². The number of carbonyl (C=O) groups is 1. The van der Waals surface area contributed by atoms with Gasteiger partial charge in [0.2, 0.25) is 5.91 Å². The average Bonchev–Trinajstić information content (AvgIpc) is 3.21. The number of fused-ring (bicyclic) bond motifs is 3. The average molecular weight is 492 g/mol. The van der Waals surface area contributed by atoms with Crippen LogP contribution in [0.1, 0.15) is 25.8 Å². The van der Waals surface area contributed by atoms with Crippen LogP contribution < -0.4 is 5.56 Å². The van der Waals surface area contributed by atoms with E-state index in [1.165, 1.54) is 35.1 Å². The fourth-order valence-corrected chi connectivity index (χ4v) is 6.94. The molecule has 2 atom stereocenters. The Kier molecular flexibility index (Phi) is 6.75. The summed E-state index contributed by atoms with van der Waals surface area (Å²) in [6.45, 7) is 6.58. The molecule has 1 aliphatic heterocycles. The van der Waals surface area contributed by atoms with Gasteiger partial charge in [-0.25, -0.2) is 4.98 Å². The van der Waals surface area contributed by atoms with Gasteiger partial charge in [0, 0.05) is 29.7 Å². The molecule has 7 heteroatoms. The van der Waals surface area contributed by atoms with Gasteiger partial charge < -0.3 is 4.90 Å². The number of aryl methyl sites for hydroxylation is 1. The summed E-state index contributed by atoms with van der Waals surface area (Å²) in [7, 11) is 0. The van der Waals surface area contributed by atoms with Crippen molar-refractivity contribution in [1.29, 1.82) is 0 Å². The number of hydrogen-bond donors (Lipinski definition) is 0. The van der Waals surface area contributed by atoms with Crippen molar-refractivity contribution >= 4 is 49.3 Å². The van der Waals surface area contributed by atoms with Crippen LogP contribution in [0, 0.1) is 11.8 Å². The predicted molar refractivity (Wildman–Crippen MR) is 142 cm³/mol. The van der Waals surface area contributed by atoms with Gasteiger partial charge in [0.05, 0.1) is 11.3 Å². The molecular formula is C27H29N3O2S2. The summed E-state index contributed by atoms with van der Waals surface area (Å²) in [4.78, 5) is 33.6. The molecule has 0 aliphatic carbocycles. The summed E-state index contributed by atoms with van der Waals surface area (Å²) in [6, 6.07) is 18.2. The minimum atomic E-state index is -0.0164. The van der Waals surface area contributed by atoms with Gasteiger partial charge in [0.25, 0.3) is 5.56 Å². The fourth-order valence-electron chi connectivity index (χ4n) is 4.93. The quantitative estimate of drug-likeness (QED) is 0.266. The van der Waals surface area contributed by atoms with E-state index in [1.54, 1.807) is 4.57 Å². The number of nitrogens with zero attached hydrogens (tertiary/aromatic N) is 3. The van der Waals surface area contributed by atoms with Crippen molar-refractivity contribution in [2.75, 3.05) is 18.8 Å². The molecule has 0 spiro atoms. The van der Waals surface area contributed by atoms with Crippen molar-refractivity contribution in [1.82, 2.24) is 14.5 Å². The Bertz CT molecular complexity index is 1370. The Labute approximate surface area is 207 Å². The van der Waals surface area contributed by atoms with E-state index in [0.29, 0.717) is 34.0 Å². The van der Waals surface area contributed by atoms with Gasteiger partial charge in [-0.15, -0.1) is 11.3 Å². The van der Waals surface area contributed by atoms with Crippen LogP contribution in [0.5, 0.6) is 0 Å². The lowest BCUT2D eigenvalue weighted by Crippen LogP contribution is -2.43. The molecule has 1 aliphatic rings. The molecule has 0 N–H and O–H groups in total. The molecule has 3 heterocycles. The molecule has 0 saturated carbocycles. The van der Waals surface area contributed by atoms with Crippen molar-refractivity contribution < 1.29 is 4.79 Å². The molecule has 0 unspecified atom stereocenters. The molecule has 1 saturated heterocycles. The smallest absolute Gasteiger partial charge is 0.272 e. The van der Waals surface area contributed by atoms with Crippen molar-refractivity contribution in [2.24, 2.45) is 11.8 Å². The lowest BCUT2D eigenvalue weighted by molar-refractivity contribution is -0.130. The van der Waals surface area contributed by atoms with Gasteiger partial charge in [-0.2, -0.15) is 0 Å².